The van der Waals surface area contributed by atoms with Crippen molar-refractivity contribution in [1.82, 2.24) is 69.2 Å². The van der Waals surface area contributed by atoms with E-state index in [1.165, 1.54) is 0 Å². The zero-order chi connectivity index (χ0) is 50.6. The van der Waals surface area contributed by atoms with Crippen LogP contribution in [0.1, 0.15) is 54.9 Å². The topological polar surface area (TPSA) is 275 Å². The van der Waals surface area contributed by atoms with E-state index in [0.717, 1.165) is 97.2 Å². The van der Waals surface area contributed by atoms with Crippen LogP contribution in [-0.2, 0) is 27.4 Å². The summed E-state index contributed by atoms with van der Waals surface area (Å²) in [6.07, 6.45) is 6.11. The number of rotatable bonds is 12. The molecule has 0 saturated carbocycles. The van der Waals surface area contributed by atoms with Gasteiger partial charge in [0.25, 0.3) is 0 Å². The van der Waals surface area contributed by atoms with Gasteiger partial charge in [-0.2, -0.15) is 0 Å². The Morgan fingerprint density at radius 2 is 1.10 bits per heavy atom. The largest absolute Gasteiger partial charge is 0.393 e. The molecule has 386 valence electrons. The average molecular weight is 991 g/mol. The van der Waals surface area contributed by atoms with Gasteiger partial charge in [0.2, 0.25) is 29.7 Å². The molecule has 24 nitrogen and oxygen atoms in total. The van der Waals surface area contributed by atoms with E-state index >= 15 is 0 Å². The van der Waals surface area contributed by atoms with Gasteiger partial charge in [-0.15, -0.1) is 0 Å². The van der Waals surface area contributed by atoms with Crippen LogP contribution in [0, 0.1) is 11.8 Å². The number of hydrogen-bond donors (Lipinski definition) is 4. The Hall–Kier alpha value is -6.63. The van der Waals surface area contributed by atoms with Gasteiger partial charge in [0.15, 0.2) is 45.6 Å². The molecular formula is C48H70N20O4. The molecule has 0 aromatic carbocycles. The lowest BCUT2D eigenvalue weighted by atomic mass is 10.1. The molecule has 6 aromatic heterocycles. The fourth-order valence-corrected chi connectivity index (χ4v) is 9.65. The zero-order valence-corrected chi connectivity index (χ0v) is 42.6. The number of piperazine rings is 2. The number of anilines is 6. The molecule has 4 fully saturated rings. The first kappa shape index (κ1) is 50.3. The number of aromatic nitrogens is 12. The third-order valence-electron chi connectivity index (χ3n) is 13.0. The maximum atomic E-state index is 12.7. The number of nitrogen functional groups attached to an aromatic ring is 2. The highest BCUT2D eigenvalue weighted by atomic mass is 16.5. The highest BCUT2D eigenvalue weighted by Crippen LogP contribution is 2.35. The number of carbonyl (C=O) groups excluding carboxylic acids is 1. The Labute approximate surface area is 419 Å². The van der Waals surface area contributed by atoms with Gasteiger partial charge in [0.05, 0.1) is 50.1 Å². The highest BCUT2D eigenvalue weighted by molar-refractivity contribution is 5.89. The number of aliphatic hydroxyl groups is 1. The number of ether oxygens (including phenoxy) is 2. The quantitative estimate of drug-likeness (QED) is 0.137. The zero-order valence-electron chi connectivity index (χ0n) is 42.6. The standard InChI is InChI=1S/C26H38N10O3.C22H32N10O/c1-16(2)14-36-24-21(30-26(36)34-5-6-35(17(3)15-34)20(38)11-18(4)37)23(33-7-9-39-10-8-33)31-22(32-24)19-12-28-25(27)29-13-19;1-14(2)12-32-20-17(27-22(32)31-5-4-24-15(3)13-31)19(30-6-8-33-9-7-30)28-18(29-20)16-10-25-21(23)26-11-16/h12-13,16-18,37H,5-11,14-15H2,1-4H3,(H2,27,28,29);10-11,14-15,24H,4-9,12-13H2,1-3H3,(H2,23,25,26)/t17-,18+;15-/m11/s1. The highest BCUT2D eigenvalue weighted by Gasteiger charge is 2.33. The van der Waals surface area contributed by atoms with Crippen molar-refractivity contribution in [3.05, 3.63) is 24.8 Å². The van der Waals surface area contributed by atoms with E-state index < -0.39 is 6.10 Å². The van der Waals surface area contributed by atoms with Gasteiger partial charge < -0.3 is 55.9 Å². The van der Waals surface area contributed by atoms with Gasteiger partial charge in [-0.1, -0.05) is 27.7 Å². The predicted octanol–water partition coefficient (Wildman–Crippen LogP) is 2.32. The second-order valence-corrected chi connectivity index (χ2v) is 20.0. The second-order valence-electron chi connectivity index (χ2n) is 20.0. The number of morpholine rings is 2. The lowest BCUT2D eigenvalue weighted by Crippen LogP contribution is -2.55. The number of carbonyl (C=O) groups is 1. The van der Waals surface area contributed by atoms with Gasteiger partial charge in [-0.05, 0) is 32.6 Å². The normalized spacial score (nSPS) is 19.4. The molecule has 0 aliphatic carbocycles. The van der Waals surface area contributed by atoms with Gasteiger partial charge in [-0.3, -0.25) is 13.9 Å². The van der Waals surface area contributed by atoms with E-state index in [-0.39, 0.29) is 30.3 Å². The Morgan fingerprint density at radius 3 is 1.51 bits per heavy atom. The number of fused-ring (bicyclic) bond motifs is 2. The summed E-state index contributed by atoms with van der Waals surface area (Å²) in [5.74, 6) is 5.65. The van der Waals surface area contributed by atoms with Crippen LogP contribution in [0.4, 0.5) is 35.4 Å². The minimum atomic E-state index is -0.657. The first-order chi connectivity index (χ1) is 34.7. The monoisotopic (exact) mass is 991 g/mol. The van der Waals surface area contributed by atoms with Crippen LogP contribution in [0.2, 0.25) is 0 Å². The molecule has 0 bridgehead atoms. The molecule has 4 aliphatic rings. The van der Waals surface area contributed by atoms with E-state index in [1.54, 1.807) is 31.7 Å². The molecule has 4 aliphatic heterocycles. The average Bonchev–Trinajstić information content (AvgIpc) is 3.91. The molecule has 10 rings (SSSR count). The summed E-state index contributed by atoms with van der Waals surface area (Å²) < 4.78 is 15.6. The van der Waals surface area contributed by atoms with Gasteiger partial charge in [0, 0.05) is 115 Å². The van der Waals surface area contributed by atoms with E-state index in [2.05, 4.69) is 88.6 Å². The number of aliphatic hydroxyl groups excluding tert-OH is 1. The van der Waals surface area contributed by atoms with Crippen molar-refractivity contribution in [2.24, 2.45) is 11.8 Å². The van der Waals surface area contributed by atoms with E-state index in [4.69, 9.17) is 50.8 Å². The summed E-state index contributed by atoms with van der Waals surface area (Å²) in [6, 6.07) is 0.378. The molecule has 4 saturated heterocycles. The molecule has 24 heteroatoms. The number of nitrogens with zero attached hydrogens (tertiary/aromatic N) is 17. The number of nitrogens with one attached hydrogen (secondary N) is 1. The molecule has 0 radical (unpaired) electrons. The number of imidazole rings is 2. The molecule has 0 unspecified atom stereocenters. The molecule has 1 amide bonds. The van der Waals surface area contributed by atoms with Crippen molar-refractivity contribution in [3.63, 3.8) is 0 Å². The fourth-order valence-electron chi connectivity index (χ4n) is 9.65. The van der Waals surface area contributed by atoms with Crippen molar-refractivity contribution in [1.29, 1.82) is 0 Å². The molecule has 72 heavy (non-hydrogen) atoms. The number of amides is 1. The van der Waals surface area contributed by atoms with Crippen LogP contribution in [0.25, 0.3) is 45.1 Å². The summed E-state index contributed by atoms with van der Waals surface area (Å²) >= 11 is 0. The van der Waals surface area contributed by atoms with E-state index in [1.807, 2.05) is 11.8 Å². The van der Waals surface area contributed by atoms with Gasteiger partial charge >= 0.3 is 0 Å². The summed E-state index contributed by atoms with van der Waals surface area (Å²) in [5.41, 5.74) is 16.0. The molecular weight excluding hydrogens is 921 g/mol. The second kappa shape index (κ2) is 22.0. The van der Waals surface area contributed by atoms with Gasteiger partial charge in [-0.25, -0.2) is 49.8 Å². The first-order valence-electron chi connectivity index (χ1n) is 25.3. The first-order valence-corrected chi connectivity index (χ1v) is 25.3. The van der Waals surface area contributed by atoms with Crippen molar-refractivity contribution >= 4 is 63.7 Å². The van der Waals surface area contributed by atoms with Crippen LogP contribution >= 0.6 is 0 Å². The maximum absolute atomic E-state index is 12.7. The van der Waals surface area contributed by atoms with Crippen molar-refractivity contribution in [2.45, 2.75) is 86.2 Å². The molecule has 6 N–H and O–H groups in total. The van der Waals surface area contributed by atoms with Crippen molar-refractivity contribution in [2.75, 3.05) is 123 Å². The molecule has 10 heterocycles. The van der Waals surface area contributed by atoms with Crippen LogP contribution in [-0.4, -0.2) is 185 Å². The molecule has 0 spiro atoms. The van der Waals surface area contributed by atoms with E-state index in [0.29, 0.717) is 94.2 Å². The van der Waals surface area contributed by atoms with Crippen LogP contribution < -0.4 is 36.4 Å². The minimum absolute atomic E-state index is 0.0235. The third kappa shape index (κ3) is 11.2. The van der Waals surface area contributed by atoms with Crippen molar-refractivity contribution in [3.8, 4) is 22.8 Å². The number of hydrogen-bond acceptors (Lipinski definition) is 21. The smallest absolute Gasteiger partial charge is 0.225 e. The maximum Gasteiger partial charge on any atom is 0.225 e. The lowest BCUT2D eigenvalue weighted by Gasteiger charge is -2.40. The minimum Gasteiger partial charge on any atom is -0.393 e. The number of nitrogens with two attached hydrogens (primary N) is 2. The third-order valence-corrected chi connectivity index (χ3v) is 13.0. The predicted molar refractivity (Wildman–Crippen MR) is 277 cm³/mol. The van der Waals surface area contributed by atoms with Crippen LogP contribution in [0.5, 0.6) is 0 Å². The summed E-state index contributed by atoms with van der Waals surface area (Å²) in [4.78, 5) is 70.4. The van der Waals surface area contributed by atoms with Crippen molar-refractivity contribution < 1.29 is 19.4 Å². The van der Waals surface area contributed by atoms with Crippen LogP contribution in [0.15, 0.2) is 24.8 Å². The van der Waals surface area contributed by atoms with Crippen LogP contribution in [0.3, 0.4) is 0 Å². The molecule has 6 aromatic rings. The SMILES string of the molecule is CC(C)Cn1c(N2CCN(C(=O)C[C@H](C)O)[C@H](C)C2)nc2c(N3CCOCC3)nc(-c3cnc(N)nc3)nc21.CC(C)Cn1c(N2CCN[C@H](C)C2)nc2c(N3CCOCC3)nc(-c3cnc(N)nc3)nc21. The Kier molecular flexibility index (Phi) is 15.4. The van der Waals surface area contributed by atoms with E-state index in [9.17, 15) is 9.90 Å². The van der Waals surface area contributed by atoms with Gasteiger partial charge in [0.1, 0.15) is 0 Å². The summed E-state index contributed by atoms with van der Waals surface area (Å²) in [6.45, 7) is 26.3. The lowest BCUT2D eigenvalue weighted by molar-refractivity contribution is -0.135. The Balaban J connectivity index is 0.000000180. The summed E-state index contributed by atoms with van der Waals surface area (Å²) in [7, 11) is 0. The molecule has 3 atom stereocenters. The summed E-state index contributed by atoms with van der Waals surface area (Å²) in [5, 5.41) is 13.2. The Morgan fingerprint density at radius 1 is 0.639 bits per heavy atom. The Bertz CT molecular complexity index is 2790. The fraction of sp³-hybridized carbons (Fsp3) is 0.604.